The summed E-state index contributed by atoms with van der Waals surface area (Å²) in [5.41, 5.74) is 6.53. The van der Waals surface area contributed by atoms with Gasteiger partial charge in [0.15, 0.2) is 0 Å². The topological polar surface area (TPSA) is 72.5 Å². The highest BCUT2D eigenvalue weighted by atomic mass is 35.5. The fraction of sp³-hybridized carbons (Fsp3) is 0.417. The normalized spacial score (nSPS) is 19.1. The number of carbonyl (C=O) groups is 1. The highest BCUT2D eigenvalue weighted by molar-refractivity contribution is 7.99. The van der Waals surface area contributed by atoms with Crippen molar-refractivity contribution in [2.45, 2.75) is 18.6 Å². The first kappa shape index (κ1) is 13.5. The SMILES string of the molecule is N[C@@H](CSCC1Cc2cc(Cl)ccc2O1)C(=O)O. The molecular weight excluding hydrogens is 274 g/mol. The summed E-state index contributed by atoms with van der Waals surface area (Å²) in [5, 5.41) is 9.37. The summed E-state index contributed by atoms with van der Waals surface area (Å²) in [5.74, 6) is 1.02. The minimum absolute atomic E-state index is 0.0736. The molecule has 1 unspecified atom stereocenters. The second-order valence-electron chi connectivity index (χ2n) is 4.18. The van der Waals surface area contributed by atoms with Gasteiger partial charge < -0.3 is 15.6 Å². The van der Waals surface area contributed by atoms with Gasteiger partial charge in [-0.25, -0.2) is 0 Å². The number of fused-ring (bicyclic) bond motifs is 1. The molecule has 1 aromatic carbocycles. The van der Waals surface area contributed by atoms with Crippen molar-refractivity contribution in [3.05, 3.63) is 28.8 Å². The maximum atomic E-state index is 10.6. The zero-order valence-electron chi connectivity index (χ0n) is 9.64. The third kappa shape index (κ3) is 3.31. The third-order valence-electron chi connectivity index (χ3n) is 2.68. The first-order valence-corrected chi connectivity index (χ1v) is 7.10. The monoisotopic (exact) mass is 287 g/mol. The molecule has 2 rings (SSSR count). The summed E-state index contributed by atoms with van der Waals surface area (Å²) in [6.45, 7) is 0. The van der Waals surface area contributed by atoms with Crippen LogP contribution in [0.4, 0.5) is 0 Å². The second kappa shape index (κ2) is 5.82. The number of carboxylic acids is 1. The summed E-state index contributed by atoms with van der Waals surface area (Å²) in [7, 11) is 0. The number of ether oxygens (including phenoxy) is 1. The summed E-state index contributed by atoms with van der Waals surface area (Å²) in [6, 6.07) is 4.76. The van der Waals surface area contributed by atoms with Crippen molar-refractivity contribution in [3.8, 4) is 5.75 Å². The van der Waals surface area contributed by atoms with Crippen LogP contribution in [0, 0.1) is 0 Å². The zero-order chi connectivity index (χ0) is 13.1. The maximum Gasteiger partial charge on any atom is 0.321 e. The molecule has 0 saturated carbocycles. The van der Waals surface area contributed by atoms with E-state index in [1.54, 1.807) is 6.07 Å². The van der Waals surface area contributed by atoms with E-state index < -0.39 is 12.0 Å². The number of hydrogen-bond acceptors (Lipinski definition) is 4. The molecule has 1 aliphatic heterocycles. The molecule has 2 atom stereocenters. The molecule has 0 saturated heterocycles. The molecule has 4 nitrogen and oxygen atoms in total. The second-order valence-corrected chi connectivity index (χ2v) is 5.69. The van der Waals surface area contributed by atoms with Crippen molar-refractivity contribution in [1.82, 2.24) is 0 Å². The molecular formula is C12H14ClNO3S. The maximum absolute atomic E-state index is 10.6. The van der Waals surface area contributed by atoms with Crippen molar-refractivity contribution in [2.24, 2.45) is 5.73 Å². The van der Waals surface area contributed by atoms with Gasteiger partial charge in [0, 0.05) is 22.9 Å². The van der Waals surface area contributed by atoms with Crippen molar-refractivity contribution in [1.29, 1.82) is 0 Å². The Balaban J connectivity index is 1.80. The number of benzene rings is 1. The van der Waals surface area contributed by atoms with Gasteiger partial charge in [-0.05, 0) is 23.8 Å². The van der Waals surface area contributed by atoms with Crippen molar-refractivity contribution < 1.29 is 14.6 Å². The highest BCUT2D eigenvalue weighted by Gasteiger charge is 2.23. The Morgan fingerprint density at radius 3 is 3.17 bits per heavy atom. The van der Waals surface area contributed by atoms with Crippen LogP contribution in [0.3, 0.4) is 0 Å². The van der Waals surface area contributed by atoms with Crippen LogP contribution in [-0.2, 0) is 11.2 Å². The minimum Gasteiger partial charge on any atom is -0.489 e. The molecule has 98 valence electrons. The number of aliphatic carboxylic acids is 1. The lowest BCUT2D eigenvalue weighted by atomic mass is 10.1. The molecule has 0 aromatic heterocycles. The molecule has 1 aliphatic rings. The van der Waals surface area contributed by atoms with E-state index in [1.807, 2.05) is 12.1 Å². The van der Waals surface area contributed by atoms with Crippen molar-refractivity contribution >= 4 is 29.3 Å². The molecule has 0 amide bonds. The number of nitrogens with two attached hydrogens (primary N) is 1. The third-order valence-corrected chi connectivity index (χ3v) is 4.12. The predicted octanol–water partition coefficient (Wildman–Crippen LogP) is 1.79. The van der Waals surface area contributed by atoms with Crippen LogP contribution in [0.1, 0.15) is 5.56 Å². The molecule has 0 radical (unpaired) electrons. The molecule has 0 spiro atoms. The van der Waals surface area contributed by atoms with Gasteiger partial charge in [0.2, 0.25) is 0 Å². The number of rotatable bonds is 5. The Morgan fingerprint density at radius 1 is 1.67 bits per heavy atom. The van der Waals surface area contributed by atoms with Gasteiger partial charge in [-0.3, -0.25) is 4.79 Å². The van der Waals surface area contributed by atoms with Crippen molar-refractivity contribution in [2.75, 3.05) is 11.5 Å². The number of halogens is 1. The van der Waals surface area contributed by atoms with Gasteiger partial charge in [-0.2, -0.15) is 11.8 Å². The Kier molecular flexibility index (Phi) is 4.37. The van der Waals surface area contributed by atoms with E-state index in [2.05, 4.69) is 0 Å². The first-order chi connectivity index (χ1) is 8.56. The fourth-order valence-electron chi connectivity index (χ4n) is 1.78. The van der Waals surface area contributed by atoms with E-state index >= 15 is 0 Å². The number of carboxylic acid groups (broad SMARTS) is 1. The Labute approximate surface area is 114 Å². The average Bonchev–Trinajstić information content (AvgIpc) is 2.70. The van der Waals surface area contributed by atoms with Gasteiger partial charge in [0.25, 0.3) is 0 Å². The van der Waals surface area contributed by atoms with Gasteiger partial charge in [0.1, 0.15) is 17.9 Å². The smallest absolute Gasteiger partial charge is 0.321 e. The quantitative estimate of drug-likeness (QED) is 0.864. The van der Waals surface area contributed by atoms with E-state index in [9.17, 15) is 4.79 Å². The molecule has 6 heteroatoms. The summed E-state index contributed by atoms with van der Waals surface area (Å²) >= 11 is 7.41. The van der Waals surface area contributed by atoms with Crippen LogP contribution < -0.4 is 10.5 Å². The lowest BCUT2D eigenvalue weighted by Crippen LogP contribution is -2.33. The van der Waals surface area contributed by atoms with Crippen LogP contribution >= 0.6 is 23.4 Å². The summed E-state index contributed by atoms with van der Waals surface area (Å²) < 4.78 is 5.74. The molecule has 1 heterocycles. The van der Waals surface area contributed by atoms with Gasteiger partial charge in [-0.1, -0.05) is 11.6 Å². The molecule has 0 aliphatic carbocycles. The number of thioether (sulfide) groups is 1. The Hall–Kier alpha value is -0.910. The molecule has 0 fully saturated rings. The Bertz CT molecular complexity index is 455. The van der Waals surface area contributed by atoms with Gasteiger partial charge in [0.05, 0.1) is 0 Å². The molecule has 0 bridgehead atoms. The van der Waals surface area contributed by atoms with Crippen LogP contribution in [0.5, 0.6) is 5.75 Å². The van der Waals surface area contributed by atoms with Gasteiger partial charge in [-0.15, -0.1) is 0 Å². The molecule has 3 N–H and O–H groups in total. The molecule has 18 heavy (non-hydrogen) atoms. The van der Waals surface area contributed by atoms with Crippen LogP contribution in [0.25, 0.3) is 0 Å². The predicted molar refractivity (Wildman–Crippen MR) is 72.5 cm³/mol. The van der Waals surface area contributed by atoms with Crippen LogP contribution in [0.2, 0.25) is 5.02 Å². The average molecular weight is 288 g/mol. The summed E-state index contributed by atoms with van der Waals surface area (Å²) in [6.07, 6.45) is 0.884. The molecule has 1 aromatic rings. The van der Waals surface area contributed by atoms with E-state index in [4.69, 9.17) is 27.2 Å². The van der Waals surface area contributed by atoms with Gasteiger partial charge >= 0.3 is 5.97 Å². The lowest BCUT2D eigenvalue weighted by Gasteiger charge is -2.11. The minimum atomic E-state index is -0.968. The van der Waals surface area contributed by atoms with E-state index in [0.717, 1.165) is 23.5 Å². The van der Waals surface area contributed by atoms with Crippen LogP contribution in [-0.4, -0.2) is 34.7 Å². The Morgan fingerprint density at radius 2 is 2.44 bits per heavy atom. The standard InChI is InChI=1S/C12H14ClNO3S/c13-8-1-2-11-7(3-8)4-9(17-11)5-18-6-10(14)12(15)16/h1-3,9-10H,4-6,14H2,(H,15,16)/t9?,10-/m0/s1. The largest absolute Gasteiger partial charge is 0.489 e. The fourth-order valence-corrected chi connectivity index (χ4v) is 2.96. The van der Waals surface area contributed by atoms with Crippen LogP contribution in [0.15, 0.2) is 18.2 Å². The van der Waals surface area contributed by atoms with E-state index in [1.165, 1.54) is 11.8 Å². The van der Waals surface area contributed by atoms with Crippen molar-refractivity contribution in [3.63, 3.8) is 0 Å². The van der Waals surface area contributed by atoms with E-state index in [-0.39, 0.29) is 6.10 Å². The first-order valence-electron chi connectivity index (χ1n) is 5.57. The van der Waals surface area contributed by atoms with E-state index in [0.29, 0.717) is 10.8 Å². The number of hydrogen-bond donors (Lipinski definition) is 2. The highest BCUT2D eigenvalue weighted by Crippen LogP contribution is 2.32. The lowest BCUT2D eigenvalue weighted by molar-refractivity contribution is -0.137. The zero-order valence-corrected chi connectivity index (χ0v) is 11.2. The summed E-state index contributed by atoms with van der Waals surface area (Å²) in [4.78, 5) is 10.6.